The standard InChI is InChI=1S/C20H17ClF4N4O5S/c1-28-14(20(23,24)25)7-15(31)29(19(28)33)13-6-12(10(21)5-11(13)22)27-16(18(32)34-2)9(8-30)17-26-3-4-35-17/h5-9,17,26H,3-4H2,1-2H3. The van der Waals surface area contributed by atoms with Crippen LogP contribution >= 0.6 is 23.4 Å². The van der Waals surface area contributed by atoms with E-state index in [1.54, 1.807) is 0 Å². The van der Waals surface area contributed by atoms with Crippen LogP contribution in [0, 0.1) is 11.7 Å². The van der Waals surface area contributed by atoms with Crippen molar-refractivity contribution in [3.8, 4) is 5.69 Å². The van der Waals surface area contributed by atoms with Gasteiger partial charge in [0, 0.05) is 25.4 Å². The number of hydrogen-bond acceptors (Lipinski definition) is 8. The molecule has 1 N–H and O–H groups in total. The van der Waals surface area contributed by atoms with Gasteiger partial charge in [0.1, 0.15) is 23.5 Å². The number of aliphatic imine (C=N–C) groups is 1. The number of alkyl halides is 3. The van der Waals surface area contributed by atoms with Crippen molar-refractivity contribution in [2.75, 3.05) is 19.4 Å². The number of hydrogen-bond donors (Lipinski definition) is 1. The fourth-order valence-corrected chi connectivity index (χ4v) is 4.67. The largest absolute Gasteiger partial charge is 0.465 e. The van der Waals surface area contributed by atoms with Crippen molar-refractivity contribution < 1.29 is 31.9 Å². The number of aromatic nitrogens is 2. The van der Waals surface area contributed by atoms with Gasteiger partial charge in [0.2, 0.25) is 0 Å². The fourth-order valence-electron chi connectivity index (χ4n) is 3.35. The Morgan fingerprint density at radius 1 is 1.34 bits per heavy atom. The molecule has 2 unspecified atom stereocenters. The van der Waals surface area contributed by atoms with Crippen LogP contribution < -0.4 is 16.6 Å². The van der Waals surface area contributed by atoms with Gasteiger partial charge < -0.3 is 14.8 Å². The Labute approximate surface area is 203 Å². The molecule has 9 nitrogen and oxygen atoms in total. The first-order valence-corrected chi connectivity index (χ1v) is 11.2. The van der Waals surface area contributed by atoms with E-state index in [0.29, 0.717) is 24.7 Å². The summed E-state index contributed by atoms with van der Waals surface area (Å²) in [6.45, 7) is 0.565. The van der Waals surface area contributed by atoms with Gasteiger partial charge in [-0.15, -0.1) is 11.8 Å². The van der Waals surface area contributed by atoms with Crippen LogP contribution in [0.5, 0.6) is 0 Å². The average Bonchev–Trinajstić information content (AvgIpc) is 3.32. The van der Waals surface area contributed by atoms with Crippen molar-refractivity contribution in [2.45, 2.75) is 11.6 Å². The number of ether oxygens (including phenoxy) is 1. The molecule has 1 fully saturated rings. The van der Waals surface area contributed by atoms with Crippen LogP contribution in [0.1, 0.15) is 5.69 Å². The second kappa shape index (κ2) is 10.3. The SMILES string of the molecule is COC(=O)C(=Nc1cc(-n2c(=O)cc(C(F)(F)F)n(C)c2=O)c(F)cc1Cl)C(C=O)C1NCCS1. The van der Waals surface area contributed by atoms with E-state index in [-0.39, 0.29) is 31.6 Å². The Kier molecular flexibility index (Phi) is 7.87. The van der Waals surface area contributed by atoms with Gasteiger partial charge in [-0.3, -0.25) is 9.36 Å². The lowest BCUT2D eigenvalue weighted by molar-refractivity contribution is -0.144. The number of nitrogens with one attached hydrogen (secondary N) is 1. The number of esters is 1. The lowest BCUT2D eigenvalue weighted by Crippen LogP contribution is -2.41. The molecule has 1 aliphatic heterocycles. The summed E-state index contributed by atoms with van der Waals surface area (Å²) in [5.41, 5.74) is -5.94. The summed E-state index contributed by atoms with van der Waals surface area (Å²) in [6.07, 6.45) is -4.54. The predicted octanol–water partition coefficient (Wildman–Crippen LogP) is 2.07. The highest BCUT2D eigenvalue weighted by Gasteiger charge is 2.36. The molecule has 0 spiro atoms. The molecule has 1 aromatic heterocycles. The normalized spacial score (nSPS) is 17.3. The third-order valence-electron chi connectivity index (χ3n) is 5.04. The van der Waals surface area contributed by atoms with E-state index in [4.69, 9.17) is 16.3 Å². The van der Waals surface area contributed by atoms with Crippen LogP contribution in [-0.2, 0) is 27.5 Å². The molecule has 0 amide bonds. The molecule has 2 heterocycles. The van der Waals surface area contributed by atoms with E-state index in [9.17, 15) is 36.7 Å². The summed E-state index contributed by atoms with van der Waals surface area (Å²) >= 11 is 7.41. The van der Waals surface area contributed by atoms with Crippen LogP contribution in [-0.4, -0.2) is 51.9 Å². The van der Waals surface area contributed by atoms with Crippen molar-refractivity contribution in [3.05, 3.63) is 55.6 Å². The molecule has 3 rings (SSSR count). The van der Waals surface area contributed by atoms with Crippen molar-refractivity contribution in [1.29, 1.82) is 0 Å². The topological polar surface area (TPSA) is 112 Å². The van der Waals surface area contributed by atoms with Gasteiger partial charge in [-0.25, -0.2) is 23.5 Å². The molecule has 0 saturated carbocycles. The number of thioether (sulfide) groups is 1. The lowest BCUT2D eigenvalue weighted by atomic mass is 10.0. The first-order chi connectivity index (χ1) is 16.4. The number of aldehydes is 1. The lowest BCUT2D eigenvalue weighted by Gasteiger charge is -2.19. The maximum absolute atomic E-state index is 14.8. The number of halogens is 5. The number of carbonyl (C=O) groups excluding carboxylic acids is 2. The summed E-state index contributed by atoms with van der Waals surface area (Å²) in [5, 5.41) is 2.14. The molecule has 1 saturated heterocycles. The van der Waals surface area contributed by atoms with E-state index >= 15 is 0 Å². The quantitative estimate of drug-likeness (QED) is 0.260. The monoisotopic (exact) mass is 536 g/mol. The number of benzene rings is 1. The number of methoxy groups -OCH3 is 1. The predicted molar refractivity (Wildman–Crippen MR) is 120 cm³/mol. The smallest absolute Gasteiger partial charge is 0.431 e. The van der Waals surface area contributed by atoms with Gasteiger partial charge in [-0.1, -0.05) is 11.6 Å². The molecule has 1 aromatic carbocycles. The molecule has 0 radical (unpaired) electrons. The van der Waals surface area contributed by atoms with Crippen molar-refractivity contribution in [3.63, 3.8) is 0 Å². The van der Waals surface area contributed by atoms with Crippen LogP contribution in [0.25, 0.3) is 5.69 Å². The zero-order valence-electron chi connectivity index (χ0n) is 18.1. The summed E-state index contributed by atoms with van der Waals surface area (Å²) in [4.78, 5) is 53.2. The average molecular weight is 537 g/mol. The first kappa shape index (κ1) is 26.6. The van der Waals surface area contributed by atoms with E-state index in [1.165, 1.54) is 11.8 Å². The van der Waals surface area contributed by atoms with Crippen molar-refractivity contribution >= 4 is 47.0 Å². The summed E-state index contributed by atoms with van der Waals surface area (Å²) in [7, 11) is 1.82. The minimum absolute atomic E-state index is 0.143. The molecule has 0 bridgehead atoms. The second-order valence-electron chi connectivity index (χ2n) is 7.19. The van der Waals surface area contributed by atoms with Crippen molar-refractivity contribution in [1.82, 2.24) is 14.5 Å². The Morgan fingerprint density at radius 2 is 2.03 bits per heavy atom. The van der Waals surface area contributed by atoms with Crippen LogP contribution in [0.3, 0.4) is 0 Å². The number of carbonyl (C=O) groups is 2. The van der Waals surface area contributed by atoms with Crippen molar-refractivity contribution in [2.24, 2.45) is 18.0 Å². The van der Waals surface area contributed by atoms with E-state index in [2.05, 4.69) is 10.3 Å². The zero-order chi connectivity index (χ0) is 26.1. The summed E-state index contributed by atoms with van der Waals surface area (Å²) in [6, 6.07) is 1.63. The summed E-state index contributed by atoms with van der Waals surface area (Å²) in [5.74, 6) is -2.64. The minimum Gasteiger partial charge on any atom is -0.465 e. The molecule has 2 atom stereocenters. The number of rotatable bonds is 6. The van der Waals surface area contributed by atoms with Gasteiger partial charge in [0.25, 0.3) is 5.56 Å². The minimum atomic E-state index is -5.01. The highest BCUT2D eigenvalue weighted by molar-refractivity contribution is 8.00. The van der Waals surface area contributed by atoms with Crippen LogP contribution in [0.4, 0.5) is 23.2 Å². The van der Waals surface area contributed by atoms with Gasteiger partial charge in [-0.2, -0.15) is 13.2 Å². The molecule has 0 aliphatic carbocycles. The Bertz CT molecular complexity index is 1320. The maximum Gasteiger partial charge on any atom is 0.431 e. The molecule has 2 aromatic rings. The van der Waals surface area contributed by atoms with E-state index < -0.39 is 51.9 Å². The second-order valence-corrected chi connectivity index (χ2v) is 8.85. The molecule has 1 aliphatic rings. The maximum atomic E-state index is 14.8. The summed E-state index contributed by atoms with van der Waals surface area (Å²) < 4.78 is 59.2. The van der Waals surface area contributed by atoms with E-state index in [0.717, 1.165) is 20.2 Å². The molecular formula is C20H17ClF4N4O5S. The molecule has 15 heteroatoms. The highest BCUT2D eigenvalue weighted by atomic mass is 35.5. The van der Waals surface area contributed by atoms with Gasteiger partial charge in [0.15, 0.2) is 0 Å². The first-order valence-electron chi connectivity index (χ1n) is 9.77. The van der Waals surface area contributed by atoms with Crippen LogP contribution in [0.15, 0.2) is 32.8 Å². The Hall–Kier alpha value is -2.97. The van der Waals surface area contributed by atoms with Gasteiger partial charge >= 0.3 is 17.8 Å². The highest BCUT2D eigenvalue weighted by Crippen LogP contribution is 2.32. The zero-order valence-corrected chi connectivity index (χ0v) is 19.6. The third-order valence-corrected chi connectivity index (χ3v) is 6.60. The van der Waals surface area contributed by atoms with Crippen LogP contribution in [0.2, 0.25) is 5.02 Å². The Balaban J connectivity index is 2.23. The molecule has 188 valence electrons. The number of nitrogens with zero attached hydrogens (tertiary/aromatic N) is 3. The van der Waals surface area contributed by atoms with E-state index in [1.807, 2.05) is 0 Å². The van der Waals surface area contributed by atoms with Gasteiger partial charge in [0.05, 0.1) is 34.8 Å². The van der Waals surface area contributed by atoms with Gasteiger partial charge in [-0.05, 0) is 12.1 Å². The fraction of sp³-hybridized carbons (Fsp3) is 0.350. The molecular weight excluding hydrogens is 520 g/mol. The Morgan fingerprint density at radius 3 is 2.57 bits per heavy atom. The molecule has 35 heavy (non-hydrogen) atoms. The third kappa shape index (κ3) is 5.33.